The van der Waals surface area contributed by atoms with E-state index in [1.807, 2.05) is 0 Å². The van der Waals surface area contributed by atoms with Gasteiger partial charge in [-0.25, -0.2) is 0 Å². The van der Waals surface area contributed by atoms with E-state index in [-0.39, 0.29) is 5.97 Å². The van der Waals surface area contributed by atoms with Crippen molar-refractivity contribution in [2.24, 2.45) is 0 Å². The number of hydrogen-bond acceptors (Lipinski definition) is 2. The van der Waals surface area contributed by atoms with Gasteiger partial charge in [-0.2, -0.15) is 0 Å². The molecule has 0 saturated heterocycles. The molecule has 204 valence electrons. The van der Waals surface area contributed by atoms with Crippen molar-refractivity contribution in [3.05, 3.63) is 0 Å². The third-order valence-electron chi connectivity index (χ3n) is 7.01. The number of likely N-dealkylation sites (N-methyl/N-ethyl adjacent to an activating group) is 1. The Hall–Kier alpha value is -0.570. The van der Waals surface area contributed by atoms with Crippen LogP contribution in [0, 0.1) is 0 Å². The van der Waals surface area contributed by atoms with Gasteiger partial charge >= 0.3 is 5.97 Å². The number of hydrogen-bond donors (Lipinski definition) is 0. The summed E-state index contributed by atoms with van der Waals surface area (Å²) in [5.74, 6) is -0.0167. The van der Waals surface area contributed by atoms with Crippen LogP contribution in [0.1, 0.15) is 161 Å². The molecule has 3 heteroatoms. The molecule has 0 spiro atoms. The van der Waals surface area contributed by atoms with Crippen LogP contribution in [-0.2, 0) is 9.53 Å². The van der Waals surface area contributed by atoms with Gasteiger partial charge in [-0.1, -0.05) is 148 Å². The van der Waals surface area contributed by atoms with Gasteiger partial charge in [0.1, 0.15) is 13.2 Å². The molecule has 0 bridgehead atoms. The molecule has 3 nitrogen and oxygen atoms in total. The van der Waals surface area contributed by atoms with Crippen molar-refractivity contribution in [2.45, 2.75) is 161 Å². The average molecular weight is 483 g/mol. The molecule has 0 heterocycles. The number of ether oxygens (including phenoxy) is 1. The molecule has 0 N–H and O–H groups in total. The van der Waals surface area contributed by atoms with Crippen LogP contribution in [-0.4, -0.2) is 44.7 Å². The highest BCUT2D eigenvalue weighted by Gasteiger charge is 2.09. The lowest BCUT2D eigenvalue weighted by atomic mass is 10.0. The Balaban J connectivity index is 3.12. The van der Waals surface area contributed by atoms with Crippen molar-refractivity contribution < 1.29 is 14.0 Å². The highest BCUT2D eigenvalue weighted by molar-refractivity contribution is 5.69. The average Bonchev–Trinajstić information content (AvgIpc) is 2.78. The van der Waals surface area contributed by atoms with Gasteiger partial charge in [0.2, 0.25) is 0 Å². The highest BCUT2D eigenvalue weighted by atomic mass is 16.5. The molecular formula is C31H64NO2+. The van der Waals surface area contributed by atoms with Gasteiger partial charge in [-0.3, -0.25) is 4.79 Å². The molecule has 0 rings (SSSR count). The molecule has 0 aromatic carbocycles. The summed E-state index contributed by atoms with van der Waals surface area (Å²) < 4.78 is 6.15. The maximum absolute atomic E-state index is 11.7. The van der Waals surface area contributed by atoms with Crippen molar-refractivity contribution >= 4 is 5.97 Å². The molecule has 0 radical (unpaired) electrons. The van der Waals surface area contributed by atoms with Gasteiger partial charge < -0.3 is 9.22 Å². The van der Waals surface area contributed by atoms with Gasteiger partial charge in [-0.15, -0.1) is 0 Å². The molecule has 34 heavy (non-hydrogen) atoms. The van der Waals surface area contributed by atoms with Gasteiger partial charge in [0.25, 0.3) is 0 Å². The van der Waals surface area contributed by atoms with Gasteiger partial charge in [0.15, 0.2) is 0 Å². The standard InChI is InChI=1S/C31H64NO2/c1-5-6-7-8-9-10-11-12-13-14-15-16-17-18-19-20-21-22-23-24-25-26-27-28-31(33)34-30-29-32(2,3)4/h5-30H2,1-4H3/q+1. The fraction of sp³-hybridized carbons (Fsp3) is 0.968. The zero-order valence-corrected chi connectivity index (χ0v) is 24.1. The Bertz CT molecular complexity index is 416. The summed E-state index contributed by atoms with van der Waals surface area (Å²) in [6, 6.07) is 0. The zero-order chi connectivity index (χ0) is 25.2. The minimum absolute atomic E-state index is 0.0167. The quantitative estimate of drug-likeness (QED) is 0.0661. The van der Waals surface area contributed by atoms with Crippen LogP contribution in [0.15, 0.2) is 0 Å². The first-order chi connectivity index (χ1) is 16.5. The summed E-state index contributed by atoms with van der Waals surface area (Å²) >= 11 is 0. The fourth-order valence-electron chi connectivity index (χ4n) is 4.56. The lowest BCUT2D eigenvalue weighted by Crippen LogP contribution is -2.37. The molecule has 0 aromatic rings. The number of carbonyl (C=O) groups excluding carboxylic acids is 1. The van der Waals surface area contributed by atoms with Crippen molar-refractivity contribution in [1.29, 1.82) is 0 Å². The van der Waals surface area contributed by atoms with E-state index < -0.39 is 0 Å². The Kier molecular flexibility index (Phi) is 25.1. The third kappa shape index (κ3) is 29.5. The van der Waals surface area contributed by atoms with Crippen LogP contribution in [0.3, 0.4) is 0 Å². The summed E-state index contributed by atoms with van der Waals surface area (Å²) in [5.41, 5.74) is 0. The number of rotatable bonds is 27. The van der Waals surface area contributed by atoms with Gasteiger partial charge in [0.05, 0.1) is 21.1 Å². The first-order valence-electron chi connectivity index (χ1n) is 15.4. The molecule has 0 saturated carbocycles. The summed E-state index contributed by atoms with van der Waals surface area (Å²) in [4.78, 5) is 11.7. The lowest BCUT2D eigenvalue weighted by molar-refractivity contribution is -0.870. The van der Waals surface area contributed by atoms with E-state index in [0.29, 0.717) is 13.0 Å². The van der Waals surface area contributed by atoms with Crippen LogP contribution in [0.2, 0.25) is 0 Å². The first-order valence-corrected chi connectivity index (χ1v) is 15.4. The van der Waals surface area contributed by atoms with E-state index in [1.165, 1.54) is 141 Å². The van der Waals surface area contributed by atoms with E-state index in [4.69, 9.17) is 4.74 Å². The molecule has 0 fully saturated rings. The van der Waals surface area contributed by atoms with Crippen LogP contribution < -0.4 is 0 Å². The maximum Gasteiger partial charge on any atom is 0.305 e. The predicted octanol–water partition coefficient (Wildman–Crippen LogP) is 9.62. The van der Waals surface area contributed by atoms with Crippen molar-refractivity contribution in [3.63, 3.8) is 0 Å². The third-order valence-corrected chi connectivity index (χ3v) is 7.01. The highest BCUT2D eigenvalue weighted by Crippen LogP contribution is 2.15. The van der Waals surface area contributed by atoms with Crippen LogP contribution in [0.25, 0.3) is 0 Å². The van der Waals surface area contributed by atoms with E-state index in [0.717, 1.165) is 17.4 Å². The zero-order valence-electron chi connectivity index (χ0n) is 24.1. The Morgan fingerprint density at radius 1 is 0.500 bits per heavy atom. The second kappa shape index (κ2) is 25.5. The number of unbranched alkanes of at least 4 members (excludes halogenated alkanes) is 22. The molecule has 0 aliphatic rings. The Labute approximate surface area is 215 Å². The minimum atomic E-state index is -0.0167. The van der Waals surface area contributed by atoms with E-state index in [1.54, 1.807) is 0 Å². The predicted molar refractivity (Wildman–Crippen MR) is 150 cm³/mol. The molecular weight excluding hydrogens is 418 g/mol. The Morgan fingerprint density at radius 3 is 1.09 bits per heavy atom. The second-order valence-electron chi connectivity index (χ2n) is 11.8. The maximum atomic E-state index is 11.7. The SMILES string of the molecule is CCCCCCCCCCCCCCCCCCCCCCCCCC(=O)OCC[N+](C)(C)C. The molecule has 0 amide bonds. The molecule has 0 aromatic heterocycles. The Morgan fingerprint density at radius 2 is 0.794 bits per heavy atom. The van der Waals surface area contributed by atoms with Crippen LogP contribution in [0.4, 0.5) is 0 Å². The number of nitrogens with zero attached hydrogens (tertiary/aromatic N) is 1. The normalized spacial score (nSPS) is 11.8. The summed E-state index contributed by atoms with van der Waals surface area (Å²) in [6.07, 6.45) is 32.7. The molecule has 0 aliphatic heterocycles. The molecule has 0 unspecified atom stereocenters. The van der Waals surface area contributed by atoms with E-state index in [9.17, 15) is 4.79 Å². The smallest absolute Gasteiger partial charge is 0.305 e. The van der Waals surface area contributed by atoms with Crippen molar-refractivity contribution in [2.75, 3.05) is 34.3 Å². The van der Waals surface area contributed by atoms with Gasteiger partial charge in [0, 0.05) is 6.42 Å². The summed E-state index contributed by atoms with van der Waals surface area (Å²) in [7, 11) is 6.36. The van der Waals surface area contributed by atoms with E-state index >= 15 is 0 Å². The monoisotopic (exact) mass is 482 g/mol. The van der Waals surface area contributed by atoms with E-state index in [2.05, 4.69) is 28.1 Å². The molecule has 0 aliphatic carbocycles. The van der Waals surface area contributed by atoms with Crippen LogP contribution in [0.5, 0.6) is 0 Å². The molecule has 0 atom stereocenters. The van der Waals surface area contributed by atoms with Crippen molar-refractivity contribution in [1.82, 2.24) is 0 Å². The van der Waals surface area contributed by atoms with Crippen LogP contribution >= 0.6 is 0 Å². The largest absolute Gasteiger partial charge is 0.460 e. The number of carbonyl (C=O) groups is 1. The van der Waals surface area contributed by atoms with Crippen molar-refractivity contribution in [3.8, 4) is 0 Å². The second-order valence-corrected chi connectivity index (χ2v) is 11.8. The topological polar surface area (TPSA) is 26.3 Å². The first kappa shape index (κ1) is 33.4. The number of esters is 1. The minimum Gasteiger partial charge on any atom is -0.460 e. The lowest BCUT2D eigenvalue weighted by Gasteiger charge is -2.23. The van der Waals surface area contributed by atoms with Gasteiger partial charge in [-0.05, 0) is 6.42 Å². The summed E-state index contributed by atoms with van der Waals surface area (Å²) in [6.45, 7) is 3.72. The summed E-state index contributed by atoms with van der Waals surface area (Å²) in [5, 5.41) is 0. The fourth-order valence-corrected chi connectivity index (χ4v) is 4.56. The number of quaternary nitrogens is 1.